The van der Waals surface area contributed by atoms with E-state index in [1.165, 1.54) is 0 Å². The first kappa shape index (κ1) is 13.8. The monoisotopic (exact) mass is 285 g/mol. The smallest absolute Gasteiger partial charge is 0.320 e. The van der Waals surface area contributed by atoms with Crippen molar-refractivity contribution in [2.45, 2.75) is 31.8 Å². The van der Waals surface area contributed by atoms with Crippen molar-refractivity contribution >= 4 is 5.97 Å². The molecule has 0 radical (unpaired) electrons. The van der Waals surface area contributed by atoms with Crippen LogP contribution in [0.1, 0.15) is 24.8 Å². The van der Waals surface area contributed by atoms with Crippen LogP contribution >= 0.6 is 0 Å². The summed E-state index contributed by atoms with van der Waals surface area (Å²) in [4.78, 5) is 17.4. The van der Waals surface area contributed by atoms with Crippen LogP contribution in [0.3, 0.4) is 0 Å². The van der Waals surface area contributed by atoms with Crippen molar-refractivity contribution in [3.05, 3.63) is 48.5 Å². The summed E-state index contributed by atoms with van der Waals surface area (Å²) in [6.07, 6.45) is 8.26. The van der Waals surface area contributed by atoms with Crippen LogP contribution in [0.2, 0.25) is 0 Å². The van der Waals surface area contributed by atoms with E-state index in [1.54, 1.807) is 12.5 Å². The number of aromatic nitrogens is 2. The zero-order valence-electron chi connectivity index (χ0n) is 11.9. The third-order valence-corrected chi connectivity index (χ3v) is 4.02. The minimum atomic E-state index is -0.704. The Hall–Kier alpha value is -2.14. The summed E-state index contributed by atoms with van der Waals surface area (Å²) in [5, 5.41) is 9.30. The van der Waals surface area contributed by atoms with Gasteiger partial charge in [-0.25, -0.2) is 4.98 Å². The number of hydrogen-bond acceptors (Lipinski definition) is 3. The van der Waals surface area contributed by atoms with Crippen LogP contribution in [-0.2, 0) is 11.3 Å². The average Bonchev–Trinajstić information content (AvgIpc) is 3.03. The van der Waals surface area contributed by atoms with Crippen LogP contribution in [0.25, 0.3) is 5.69 Å². The summed E-state index contributed by atoms with van der Waals surface area (Å²) < 4.78 is 1.95. The van der Waals surface area contributed by atoms with E-state index in [4.69, 9.17) is 0 Å². The Labute approximate surface area is 123 Å². The van der Waals surface area contributed by atoms with Crippen LogP contribution in [0.4, 0.5) is 0 Å². The van der Waals surface area contributed by atoms with E-state index in [0.29, 0.717) is 6.54 Å². The largest absolute Gasteiger partial charge is 0.480 e. The lowest BCUT2D eigenvalue weighted by Crippen LogP contribution is -2.43. The highest BCUT2D eigenvalue weighted by Gasteiger charge is 2.28. The van der Waals surface area contributed by atoms with Gasteiger partial charge >= 0.3 is 5.97 Å². The standard InChI is InChI=1S/C16H19N3O2/c20-16(21)15-3-1-2-9-18(15)11-13-4-6-14(7-5-13)19-10-8-17-12-19/h4-8,10,12,15H,1-3,9,11H2,(H,20,21). The normalized spacial score (nSPS) is 19.5. The maximum Gasteiger partial charge on any atom is 0.320 e. The third kappa shape index (κ3) is 3.13. The molecule has 3 rings (SSSR count). The summed E-state index contributed by atoms with van der Waals surface area (Å²) in [5.74, 6) is -0.704. The second kappa shape index (κ2) is 6.10. The molecule has 1 aliphatic rings. The van der Waals surface area contributed by atoms with Gasteiger partial charge in [0.2, 0.25) is 0 Å². The molecule has 0 aliphatic carbocycles. The summed E-state index contributed by atoms with van der Waals surface area (Å²) in [7, 11) is 0. The van der Waals surface area contributed by atoms with E-state index < -0.39 is 5.97 Å². The van der Waals surface area contributed by atoms with E-state index in [1.807, 2.05) is 22.9 Å². The van der Waals surface area contributed by atoms with Crippen molar-refractivity contribution in [3.63, 3.8) is 0 Å². The fourth-order valence-corrected chi connectivity index (χ4v) is 2.88. The van der Waals surface area contributed by atoms with Gasteiger partial charge in [-0.05, 0) is 37.1 Å². The van der Waals surface area contributed by atoms with Crippen molar-refractivity contribution < 1.29 is 9.90 Å². The van der Waals surface area contributed by atoms with Crippen molar-refractivity contribution in [1.82, 2.24) is 14.5 Å². The Morgan fingerprint density at radius 2 is 2.10 bits per heavy atom. The lowest BCUT2D eigenvalue weighted by molar-refractivity contribution is -0.144. The first-order valence-electron chi connectivity index (χ1n) is 7.28. The molecular weight excluding hydrogens is 266 g/mol. The quantitative estimate of drug-likeness (QED) is 0.936. The fraction of sp³-hybridized carbons (Fsp3) is 0.375. The molecule has 1 saturated heterocycles. The number of likely N-dealkylation sites (tertiary alicyclic amines) is 1. The van der Waals surface area contributed by atoms with Crippen molar-refractivity contribution in [2.75, 3.05) is 6.54 Å². The van der Waals surface area contributed by atoms with Crippen LogP contribution in [0.15, 0.2) is 43.0 Å². The number of benzene rings is 1. The third-order valence-electron chi connectivity index (χ3n) is 4.02. The zero-order valence-corrected chi connectivity index (χ0v) is 11.9. The Kier molecular flexibility index (Phi) is 4.01. The van der Waals surface area contributed by atoms with Gasteiger partial charge in [-0.3, -0.25) is 9.69 Å². The molecule has 1 N–H and O–H groups in total. The van der Waals surface area contributed by atoms with E-state index in [9.17, 15) is 9.90 Å². The zero-order chi connectivity index (χ0) is 14.7. The highest BCUT2D eigenvalue weighted by molar-refractivity contribution is 5.73. The molecule has 0 spiro atoms. The Bertz CT molecular complexity index is 592. The van der Waals surface area contributed by atoms with Crippen molar-refractivity contribution in [2.24, 2.45) is 0 Å². The van der Waals surface area contributed by atoms with Gasteiger partial charge in [-0.15, -0.1) is 0 Å². The van der Waals surface area contributed by atoms with Gasteiger partial charge in [-0.2, -0.15) is 0 Å². The molecule has 5 nitrogen and oxygen atoms in total. The summed E-state index contributed by atoms with van der Waals surface area (Å²) in [5.41, 5.74) is 2.21. The van der Waals surface area contributed by atoms with Crippen LogP contribution in [-0.4, -0.2) is 38.1 Å². The highest BCUT2D eigenvalue weighted by Crippen LogP contribution is 2.20. The number of hydrogen-bond donors (Lipinski definition) is 1. The Balaban J connectivity index is 1.71. The van der Waals surface area contributed by atoms with Gasteiger partial charge in [0.25, 0.3) is 0 Å². The number of carboxylic acids is 1. The number of piperidine rings is 1. The van der Waals surface area contributed by atoms with Crippen molar-refractivity contribution in [3.8, 4) is 5.69 Å². The number of aliphatic carboxylic acids is 1. The maximum atomic E-state index is 11.3. The SMILES string of the molecule is O=C(O)C1CCCCN1Cc1ccc(-n2ccnc2)cc1. The van der Waals surface area contributed by atoms with Crippen LogP contribution < -0.4 is 0 Å². The lowest BCUT2D eigenvalue weighted by Gasteiger charge is -2.32. The summed E-state index contributed by atoms with van der Waals surface area (Å²) in [6.45, 7) is 1.56. The van der Waals surface area contributed by atoms with E-state index >= 15 is 0 Å². The minimum absolute atomic E-state index is 0.341. The number of imidazole rings is 1. The summed E-state index contributed by atoms with van der Waals surface area (Å²) in [6, 6.07) is 7.85. The molecule has 0 saturated carbocycles. The maximum absolute atomic E-state index is 11.3. The number of carbonyl (C=O) groups is 1. The molecule has 1 unspecified atom stereocenters. The number of nitrogens with zero attached hydrogens (tertiary/aromatic N) is 3. The van der Waals surface area contributed by atoms with Gasteiger partial charge in [0, 0.05) is 24.6 Å². The first-order valence-corrected chi connectivity index (χ1v) is 7.28. The van der Waals surface area contributed by atoms with E-state index in [0.717, 1.165) is 37.1 Å². The Morgan fingerprint density at radius 1 is 1.29 bits per heavy atom. The van der Waals surface area contributed by atoms with Gasteiger partial charge in [0.05, 0.1) is 6.33 Å². The molecule has 0 bridgehead atoms. The highest BCUT2D eigenvalue weighted by atomic mass is 16.4. The Morgan fingerprint density at radius 3 is 2.76 bits per heavy atom. The van der Waals surface area contributed by atoms with Gasteiger partial charge < -0.3 is 9.67 Å². The molecule has 2 heterocycles. The molecule has 5 heteroatoms. The summed E-state index contributed by atoms with van der Waals surface area (Å²) >= 11 is 0. The molecule has 1 aromatic carbocycles. The van der Waals surface area contributed by atoms with E-state index in [-0.39, 0.29) is 6.04 Å². The minimum Gasteiger partial charge on any atom is -0.480 e. The molecule has 2 aromatic rings. The van der Waals surface area contributed by atoms with Gasteiger partial charge in [0.1, 0.15) is 6.04 Å². The molecule has 0 amide bonds. The molecule has 1 aromatic heterocycles. The number of carboxylic acid groups (broad SMARTS) is 1. The second-order valence-corrected chi connectivity index (χ2v) is 5.46. The van der Waals surface area contributed by atoms with E-state index in [2.05, 4.69) is 22.0 Å². The molecule has 21 heavy (non-hydrogen) atoms. The lowest BCUT2D eigenvalue weighted by atomic mass is 10.0. The topological polar surface area (TPSA) is 58.4 Å². The molecule has 1 atom stereocenters. The predicted molar refractivity (Wildman–Crippen MR) is 79.2 cm³/mol. The predicted octanol–water partition coefficient (Wildman–Crippen LogP) is 2.31. The van der Waals surface area contributed by atoms with Gasteiger partial charge in [0.15, 0.2) is 0 Å². The van der Waals surface area contributed by atoms with Crippen molar-refractivity contribution in [1.29, 1.82) is 0 Å². The fourth-order valence-electron chi connectivity index (χ4n) is 2.88. The average molecular weight is 285 g/mol. The molecule has 1 fully saturated rings. The molecule has 110 valence electrons. The van der Waals surface area contributed by atoms with Crippen LogP contribution in [0.5, 0.6) is 0 Å². The van der Waals surface area contributed by atoms with Crippen LogP contribution in [0, 0.1) is 0 Å². The second-order valence-electron chi connectivity index (χ2n) is 5.46. The van der Waals surface area contributed by atoms with Gasteiger partial charge in [-0.1, -0.05) is 18.6 Å². The first-order chi connectivity index (χ1) is 10.2. The molecular formula is C16H19N3O2. The molecule has 1 aliphatic heterocycles. The number of rotatable bonds is 4.